The number of rotatable bonds is 5. The van der Waals surface area contributed by atoms with Gasteiger partial charge >= 0.3 is 5.97 Å². The molecule has 2 saturated heterocycles. The number of imide groups is 1. The van der Waals surface area contributed by atoms with Crippen molar-refractivity contribution in [2.75, 3.05) is 0 Å². The van der Waals surface area contributed by atoms with E-state index in [-0.39, 0.29) is 18.4 Å². The summed E-state index contributed by atoms with van der Waals surface area (Å²) < 4.78 is 0. The van der Waals surface area contributed by atoms with Crippen molar-refractivity contribution in [3.8, 4) is 0 Å². The Labute approximate surface area is 175 Å². The average Bonchev–Trinajstić information content (AvgIpc) is 3.20. The van der Waals surface area contributed by atoms with Crippen LogP contribution in [0.2, 0.25) is 0 Å². The van der Waals surface area contributed by atoms with E-state index in [0.717, 1.165) is 16.7 Å². The van der Waals surface area contributed by atoms with E-state index >= 15 is 0 Å². The van der Waals surface area contributed by atoms with Crippen molar-refractivity contribution in [2.45, 2.75) is 38.9 Å². The molecule has 4 unspecified atom stereocenters. The third kappa shape index (κ3) is 2.94. The molecule has 2 heterocycles. The maximum Gasteiger partial charge on any atom is 0.325 e. The number of hydrogen-bond acceptors (Lipinski definition) is 4. The van der Waals surface area contributed by atoms with Crippen molar-refractivity contribution in [3.05, 3.63) is 71.3 Å². The van der Waals surface area contributed by atoms with Gasteiger partial charge in [-0.2, -0.15) is 0 Å². The molecule has 4 rings (SSSR count). The minimum Gasteiger partial charge on any atom is -0.480 e. The Morgan fingerprint density at radius 3 is 2.40 bits per heavy atom. The number of nitrogens with zero attached hydrogens (tertiary/aromatic N) is 1. The van der Waals surface area contributed by atoms with Gasteiger partial charge in [0.25, 0.3) is 0 Å². The molecule has 2 aromatic carbocycles. The summed E-state index contributed by atoms with van der Waals surface area (Å²) in [5.41, 5.74) is 1.18. The lowest BCUT2D eigenvalue weighted by atomic mass is 9.73. The lowest BCUT2D eigenvalue weighted by molar-refractivity contribution is -0.153. The van der Waals surface area contributed by atoms with Crippen molar-refractivity contribution in [3.63, 3.8) is 0 Å². The molecule has 2 amide bonds. The van der Waals surface area contributed by atoms with Crippen LogP contribution in [-0.4, -0.2) is 33.3 Å². The Hall–Kier alpha value is -2.99. The summed E-state index contributed by atoms with van der Waals surface area (Å²) in [5, 5.41) is 13.5. The summed E-state index contributed by atoms with van der Waals surface area (Å²) in [6.45, 7) is 5.68. The van der Waals surface area contributed by atoms with Crippen molar-refractivity contribution < 1.29 is 19.5 Å². The second-order valence-electron chi connectivity index (χ2n) is 8.62. The molecule has 0 radical (unpaired) electrons. The molecule has 156 valence electrons. The van der Waals surface area contributed by atoms with Gasteiger partial charge in [-0.25, -0.2) is 0 Å². The highest BCUT2D eigenvalue weighted by Crippen LogP contribution is 2.51. The zero-order valence-corrected chi connectivity index (χ0v) is 17.3. The van der Waals surface area contributed by atoms with Gasteiger partial charge in [0.2, 0.25) is 11.8 Å². The minimum absolute atomic E-state index is 0.153. The van der Waals surface area contributed by atoms with E-state index in [1.54, 1.807) is 13.8 Å². The number of aliphatic carboxylic acids is 1. The van der Waals surface area contributed by atoms with Gasteiger partial charge in [-0.15, -0.1) is 0 Å². The zero-order valence-electron chi connectivity index (χ0n) is 17.3. The predicted octanol–water partition coefficient (Wildman–Crippen LogP) is 2.92. The highest BCUT2D eigenvalue weighted by molar-refractivity contribution is 6.09. The van der Waals surface area contributed by atoms with Gasteiger partial charge in [-0.3, -0.25) is 24.6 Å². The first-order valence-electron chi connectivity index (χ1n) is 10.2. The second kappa shape index (κ2) is 7.36. The SMILES string of the molecule is Cc1cccc(C2NC(C(=O)O)(C(C)C)C3C(=O)N(Cc4ccccc4)C(=O)C23)c1. The van der Waals surface area contributed by atoms with E-state index in [1.165, 1.54) is 4.90 Å². The van der Waals surface area contributed by atoms with Gasteiger partial charge in [0, 0.05) is 6.04 Å². The van der Waals surface area contributed by atoms with Crippen LogP contribution in [0.5, 0.6) is 0 Å². The van der Waals surface area contributed by atoms with Crippen LogP contribution in [0.25, 0.3) is 0 Å². The average molecular weight is 406 g/mol. The monoisotopic (exact) mass is 406 g/mol. The van der Waals surface area contributed by atoms with Gasteiger partial charge in [-0.1, -0.05) is 74.0 Å². The number of hydrogen-bond donors (Lipinski definition) is 2. The summed E-state index contributed by atoms with van der Waals surface area (Å²) in [6, 6.07) is 16.4. The first-order valence-corrected chi connectivity index (χ1v) is 10.2. The number of aryl methyl sites for hydroxylation is 1. The number of carbonyl (C=O) groups is 3. The summed E-state index contributed by atoms with van der Waals surface area (Å²) in [7, 11) is 0. The Kier molecular flexibility index (Phi) is 4.98. The van der Waals surface area contributed by atoms with Crippen LogP contribution < -0.4 is 5.32 Å². The molecular weight excluding hydrogens is 380 g/mol. The predicted molar refractivity (Wildman–Crippen MR) is 111 cm³/mol. The third-order valence-corrected chi connectivity index (χ3v) is 6.54. The normalized spacial score (nSPS) is 28.3. The second-order valence-corrected chi connectivity index (χ2v) is 8.62. The Morgan fingerprint density at radius 2 is 1.80 bits per heavy atom. The minimum atomic E-state index is -1.50. The van der Waals surface area contributed by atoms with E-state index in [0.29, 0.717) is 0 Å². The molecule has 0 spiro atoms. The number of fused-ring (bicyclic) bond motifs is 1. The molecule has 2 fully saturated rings. The number of benzene rings is 2. The van der Waals surface area contributed by atoms with E-state index in [1.807, 2.05) is 61.5 Å². The number of carboxylic acids is 1. The smallest absolute Gasteiger partial charge is 0.325 e. The molecular formula is C24H26N2O4. The highest BCUT2D eigenvalue weighted by Gasteiger charge is 2.69. The lowest BCUT2D eigenvalue weighted by Gasteiger charge is -2.34. The molecule has 4 atom stereocenters. The standard InChI is InChI=1S/C24H26N2O4/c1-14(2)24(23(29)30)19-18(20(25-24)17-11-7-8-15(3)12-17)21(27)26(22(19)28)13-16-9-5-4-6-10-16/h4-12,14,18-20,25H,13H2,1-3H3,(H,29,30). The Balaban J connectivity index is 1.81. The van der Waals surface area contributed by atoms with Crippen LogP contribution in [0.1, 0.15) is 36.6 Å². The van der Waals surface area contributed by atoms with E-state index < -0.39 is 35.3 Å². The molecule has 2 N–H and O–H groups in total. The van der Waals surface area contributed by atoms with Crippen LogP contribution in [0.4, 0.5) is 0 Å². The number of nitrogens with one attached hydrogen (secondary N) is 1. The number of carboxylic acid groups (broad SMARTS) is 1. The van der Waals surface area contributed by atoms with Crippen LogP contribution in [0.3, 0.4) is 0 Å². The summed E-state index contributed by atoms with van der Waals surface area (Å²) in [6.07, 6.45) is 0. The van der Waals surface area contributed by atoms with Crippen molar-refractivity contribution in [1.82, 2.24) is 10.2 Å². The van der Waals surface area contributed by atoms with E-state index in [9.17, 15) is 19.5 Å². The lowest BCUT2D eigenvalue weighted by Crippen LogP contribution is -2.59. The molecule has 30 heavy (non-hydrogen) atoms. The van der Waals surface area contributed by atoms with Gasteiger partial charge in [-0.05, 0) is 24.0 Å². The maximum absolute atomic E-state index is 13.5. The number of amides is 2. The molecule has 2 aliphatic rings. The largest absolute Gasteiger partial charge is 0.480 e. The van der Waals surface area contributed by atoms with Gasteiger partial charge in [0.1, 0.15) is 5.54 Å². The molecule has 2 aromatic rings. The van der Waals surface area contributed by atoms with Crippen molar-refractivity contribution >= 4 is 17.8 Å². The molecule has 0 aromatic heterocycles. The summed E-state index contributed by atoms with van der Waals surface area (Å²) in [4.78, 5) is 40.7. The van der Waals surface area contributed by atoms with Crippen molar-refractivity contribution in [2.24, 2.45) is 17.8 Å². The molecule has 6 heteroatoms. The molecule has 0 bridgehead atoms. The Bertz CT molecular complexity index is 1000. The number of likely N-dealkylation sites (tertiary alicyclic amines) is 1. The summed E-state index contributed by atoms with van der Waals surface area (Å²) >= 11 is 0. The fourth-order valence-corrected chi connectivity index (χ4v) is 5.05. The zero-order chi connectivity index (χ0) is 21.6. The first kappa shape index (κ1) is 20.3. The van der Waals surface area contributed by atoms with Gasteiger partial charge < -0.3 is 5.11 Å². The third-order valence-electron chi connectivity index (χ3n) is 6.54. The van der Waals surface area contributed by atoms with Crippen molar-refractivity contribution in [1.29, 1.82) is 0 Å². The first-order chi connectivity index (χ1) is 14.3. The van der Waals surface area contributed by atoms with Crippen LogP contribution in [0.15, 0.2) is 54.6 Å². The Morgan fingerprint density at radius 1 is 1.10 bits per heavy atom. The van der Waals surface area contributed by atoms with E-state index in [2.05, 4.69) is 5.32 Å². The fourth-order valence-electron chi connectivity index (χ4n) is 5.05. The van der Waals surface area contributed by atoms with E-state index in [4.69, 9.17) is 0 Å². The van der Waals surface area contributed by atoms with Crippen LogP contribution >= 0.6 is 0 Å². The fraction of sp³-hybridized carbons (Fsp3) is 0.375. The van der Waals surface area contributed by atoms with Gasteiger partial charge in [0.05, 0.1) is 18.4 Å². The maximum atomic E-state index is 13.5. The number of carbonyl (C=O) groups excluding carboxylic acids is 2. The van der Waals surface area contributed by atoms with Gasteiger partial charge in [0.15, 0.2) is 0 Å². The molecule has 6 nitrogen and oxygen atoms in total. The summed E-state index contributed by atoms with van der Waals surface area (Å²) in [5.74, 6) is -3.89. The molecule has 0 saturated carbocycles. The topological polar surface area (TPSA) is 86.7 Å². The van der Waals surface area contributed by atoms with Crippen LogP contribution in [-0.2, 0) is 20.9 Å². The highest BCUT2D eigenvalue weighted by atomic mass is 16.4. The molecule has 0 aliphatic carbocycles. The molecule has 2 aliphatic heterocycles. The quantitative estimate of drug-likeness (QED) is 0.746. The van der Waals surface area contributed by atoms with Crippen LogP contribution in [0, 0.1) is 24.7 Å².